The average Bonchev–Trinajstić information content (AvgIpc) is 2.38. The average molecular weight is 272 g/mol. The van der Waals surface area contributed by atoms with Crippen molar-refractivity contribution in [1.82, 2.24) is 0 Å². The Morgan fingerprint density at radius 2 is 1.70 bits per heavy atom. The van der Waals surface area contributed by atoms with Gasteiger partial charge in [-0.15, -0.1) is 0 Å². The first-order chi connectivity index (χ1) is 9.43. The lowest BCUT2D eigenvalue weighted by molar-refractivity contribution is -0.152. The number of ketones is 3. The molecule has 102 valence electrons. The van der Waals surface area contributed by atoms with Crippen LogP contribution < -0.4 is 0 Å². The predicted octanol–water partition coefficient (Wildman–Crippen LogP) is 1.47. The third-order valence-corrected chi connectivity index (χ3v) is 3.02. The van der Waals surface area contributed by atoms with Crippen LogP contribution in [0.1, 0.15) is 24.2 Å². The Morgan fingerprint density at radius 3 is 2.25 bits per heavy atom. The molecule has 1 aromatic carbocycles. The minimum atomic E-state index is -1.54. The maximum Gasteiger partial charge on any atom is 0.329 e. The van der Waals surface area contributed by atoms with Crippen LogP contribution in [0.25, 0.3) is 0 Å². The number of carbonyl (C=O) groups is 4. The van der Waals surface area contributed by atoms with Crippen molar-refractivity contribution >= 4 is 23.3 Å². The van der Waals surface area contributed by atoms with Gasteiger partial charge in [0.05, 0.1) is 0 Å². The van der Waals surface area contributed by atoms with Crippen LogP contribution in [0.4, 0.5) is 0 Å². The van der Waals surface area contributed by atoms with E-state index >= 15 is 0 Å². The van der Waals surface area contributed by atoms with Gasteiger partial charge >= 0.3 is 5.97 Å². The highest BCUT2D eigenvalue weighted by Crippen LogP contribution is 2.25. The molecule has 0 fully saturated rings. The first-order valence-electron chi connectivity index (χ1n) is 6.00. The number of ether oxygens (including phenoxy) is 1. The van der Waals surface area contributed by atoms with Gasteiger partial charge in [0.25, 0.3) is 0 Å². The molecule has 2 rings (SSSR count). The van der Waals surface area contributed by atoms with E-state index in [1.165, 1.54) is 6.92 Å². The van der Waals surface area contributed by atoms with Crippen molar-refractivity contribution in [3.05, 3.63) is 47.2 Å². The summed E-state index contributed by atoms with van der Waals surface area (Å²) < 4.78 is 4.86. The molecule has 0 aromatic heterocycles. The molecule has 0 unspecified atom stereocenters. The molecule has 0 bridgehead atoms. The molecule has 0 N–H and O–H groups in total. The lowest BCUT2D eigenvalue weighted by Gasteiger charge is -2.21. The predicted molar refractivity (Wildman–Crippen MR) is 68.7 cm³/mol. The van der Waals surface area contributed by atoms with Crippen LogP contribution in [0.3, 0.4) is 0 Å². The van der Waals surface area contributed by atoms with E-state index in [2.05, 4.69) is 0 Å². The number of esters is 1. The van der Waals surface area contributed by atoms with Crippen molar-refractivity contribution in [2.45, 2.75) is 13.8 Å². The molecule has 0 radical (unpaired) electrons. The van der Waals surface area contributed by atoms with Crippen molar-refractivity contribution < 1.29 is 23.9 Å². The monoisotopic (exact) mass is 272 g/mol. The molecule has 0 saturated carbocycles. The molecule has 0 aliphatic carbocycles. The Balaban J connectivity index is 2.47. The summed E-state index contributed by atoms with van der Waals surface area (Å²) in [6.45, 7) is 2.48. The van der Waals surface area contributed by atoms with Crippen LogP contribution in [0, 0.1) is 5.92 Å². The molecule has 1 aromatic rings. The van der Waals surface area contributed by atoms with Gasteiger partial charge in [-0.2, -0.15) is 0 Å². The molecular formula is C15H12O5. The number of hydrogen-bond donors (Lipinski definition) is 0. The smallest absolute Gasteiger partial charge is 0.329 e. The summed E-state index contributed by atoms with van der Waals surface area (Å²) in [5.41, 5.74) is 0.0615. The highest BCUT2D eigenvalue weighted by molar-refractivity contribution is 6.35. The number of benzene rings is 1. The second-order valence-electron chi connectivity index (χ2n) is 4.46. The summed E-state index contributed by atoms with van der Waals surface area (Å²) in [5.74, 6) is -4.50. The number of allylic oxidation sites excluding steroid dienone is 2. The molecule has 1 atom stereocenters. The maximum absolute atomic E-state index is 12.3. The fourth-order valence-electron chi connectivity index (χ4n) is 2.04. The summed E-state index contributed by atoms with van der Waals surface area (Å²) in [6.07, 6.45) is 0. The van der Waals surface area contributed by atoms with Gasteiger partial charge in [-0.3, -0.25) is 19.2 Å². The van der Waals surface area contributed by atoms with Crippen LogP contribution >= 0.6 is 0 Å². The van der Waals surface area contributed by atoms with Gasteiger partial charge < -0.3 is 4.74 Å². The fourth-order valence-corrected chi connectivity index (χ4v) is 2.04. The normalized spacial score (nSPS) is 18.8. The van der Waals surface area contributed by atoms with Gasteiger partial charge in [-0.05, 0) is 13.8 Å². The molecule has 0 saturated heterocycles. The van der Waals surface area contributed by atoms with Crippen LogP contribution in [-0.2, 0) is 19.1 Å². The fraction of sp³-hybridized carbons (Fsp3) is 0.200. The Bertz CT molecular complexity index is 639. The number of hydrogen-bond acceptors (Lipinski definition) is 5. The minimum absolute atomic E-state index is 0.0636. The van der Waals surface area contributed by atoms with Gasteiger partial charge in [-0.25, -0.2) is 0 Å². The van der Waals surface area contributed by atoms with E-state index in [1.54, 1.807) is 30.3 Å². The Morgan fingerprint density at radius 1 is 1.10 bits per heavy atom. The molecule has 1 aliphatic rings. The van der Waals surface area contributed by atoms with E-state index in [9.17, 15) is 19.2 Å². The lowest BCUT2D eigenvalue weighted by atomic mass is 9.87. The number of Topliss-reactive ketones (excluding diaryl/α,β-unsaturated/α-hetero) is 3. The zero-order chi connectivity index (χ0) is 14.9. The molecule has 5 nitrogen and oxygen atoms in total. The first-order valence-corrected chi connectivity index (χ1v) is 6.00. The highest BCUT2D eigenvalue weighted by atomic mass is 16.5. The summed E-state index contributed by atoms with van der Waals surface area (Å²) in [6, 6.07) is 8.15. The summed E-state index contributed by atoms with van der Waals surface area (Å²) in [7, 11) is 0. The number of rotatable bonds is 3. The SMILES string of the molecule is CC(=O)[C@@H]1C(=O)OC(C)=C(C(=O)c2ccccc2)C1=O. The lowest BCUT2D eigenvalue weighted by Crippen LogP contribution is -2.39. The zero-order valence-corrected chi connectivity index (χ0v) is 11.0. The van der Waals surface area contributed by atoms with E-state index in [0.717, 1.165) is 6.92 Å². The van der Waals surface area contributed by atoms with E-state index in [4.69, 9.17) is 4.74 Å². The molecule has 0 spiro atoms. The first kappa shape index (κ1) is 13.9. The molecule has 0 amide bonds. The Hall–Kier alpha value is -2.56. The topological polar surface area (TPSA) is 77.5 Å². The van der Waals surface area contributed by atoms with Gasteiger partial charge in [0.1, 0.15) is 11.3 Å². The summed E-state index contributed by atoms with van der Waals surface area (Å²) in [4.78, 5) is 47.4. The Kier molecular flexibility index (Phi) is 3.61. The van der Waals surface area contributed by atoms with Gasteiger partial charge in [0.15, 0.2) is 23.3 Å². The van der Waals surface area contributed by atoms with E-state index in [-0.39, 0.29) is 11.3 Å². The molecule has 5 heteroatoms. The van der Waals surface area contributed by atoms with E-state index in [0.29, 0.717) is 5.56 Å². The quantitative estimate of drug-likeness (QED) is 0.360. The third kappa shape index (κ3) is 2.30. The van der Waals surface area contributed by atoms with Crippen LogP contribution in [0.2, 0.25) is 0 Å². The second-order valence-corrected chi connectivity index (χ2v) is 4.46. The molecule has 20 heavy (non-hydrogen) atoms. The minimum Gasteiger partial charge on any atom is -0.430 e. The van der Waals surface area contributed by atoms with Gasteiger partial charge in [0.2, 0.25) is 0 Å². The van der Waals surface area contributed by atoms with Crippen molar-refractivity contribution in [3.8, 4) is 0 Å². The van der Waals surface area contributed by atoms with Crippen molar-refractivity contribution in [3.63, 3.8) is 0 Å². The summed E-state index contributed by atoms with van der Waals surface area (Å²) in [5, 5.41) is 0. The van der Waals surface area contributed by atoms with Crippen LogP contribution in [-0.4, -0.2) is 23.3 Å². The van der Waals surface area contributed by atoms with E-state index in [1.807, 2.05) is 0 Å². The molecule has 1 heterocycles. The van der Waals surface area contributed by atoms with Crippen LogP contribution in [0.5, 0.6) is 0 Å². The molecular weight excluding hydrogens is 260 g/mol. The van der Waals surface area contributed by atoms with Crippen molar-refractivity contribution in [2.75, 3.05) is 0 Å². The molecule has 1 aliphatic heterocycles. The van der Waals surface area contributed by atoms with Gasteiger partial charge in [-0.1, -0.05) is 30.3 Å². The van der Waals surface area contributed by atoms with Crippen molar-refractivity contribution in [2.24, 2.45) is 5.92 Å². The summed E-state index contributed by atoms with van der Waals surface area (Å²) >= 11 is 0. The van der Waals surface area contributed by atoms with Gasteiger partial charge in [0, 0.05) is 5.56 Å². The van der Waals surface area contributed by atoms with Crippen molar-refractivity contribution in [1.29, 1.82) is 0 Å². The number of cyclic esters (lactones) is 1. The largest absolute Gasteiger partial charge is 0.430 e. The zero-order valence-electron chi connectivity index (χ0n) is 11.0. The van der Waals surface area contributed by atoms with E-state index < -0.39 is 29.2 Å². The second kappa shape index (κ2) is 5.21. The maximum atomic E-state index is 12.3. The standard InChI is InChI=1S/C15H12O5/c1-8(16)11-14(18)12(9(2)20-15(11)19)13(17)10-6-4-3-5-7-10/h3-7,11H,1-2H3/t11-/m0/s1. The van der Waals surface area contributed by atoms with Crippen LogP contribution in [0.15, 0.2) is 41.7 Å². The number of carbonyl (C=O) groups excluding carboxylic acids is 4. The highest BCUT2D eigenvalue weighted by Gasteiger charge is 2.42. The third-order valence-electron chi connectivity index (χ3n) is 3.02. The Labute approximate surface area is 115 Å².